The Balaban J connectivity index is 0.00000169. The molecule has 2 aromatic rings. The van der Waals surface area contributed by atoms with Crippen molar-refractivity contribution in [1.82, 2.24) is 4.90 Å². The van der Waals surface area contributed by atoms with Crippen molar-refractivity contribution in [2.24, 2.45) is 4.99 Å². The second-order valence-electron chi connectivity index (χ2n) is 5.93. The number of halogens is 2. The van der Waals surface area contributed by atoms with Gasteiger partial charge in [-0.2, -0.15) is 0 Å². The molecule has 0 unspecified atom stereocenters. The molecule has 126 valence electrons. The minimum absolute atomic E-state index is 0. The first-order valence-electron chi connectivity index (χ1n) is 7.79. The number of fused-ring (bicyclic) bond motifs is 2. The van der Waals surface area contributed by atoms with Gasteiger partial charge in [0.15, 0.2) is 5.75 Å². The van der Waals surface area contributed by atoms with Gasteiger partial charge in [0.1, 0.15) is 11.4 Å². The third kappa shape index (κ3) is 3.09. The van der Waals surface area contributed by atoms with Gasteiger partial charge in [0.2, 0.25) is 0 Å². The molecule has 0 aromatic heterocycles. The lowest BCUT2D eigenvalue weighted by molar-refractivity contribution is 0.312. The largest absolute Gasteiger partial charge is 0.454 e. The number of nitrogens with zero attached hydrogens (tertiary/aromatic N) is 3. The van der Waals surface area contributed by atoms with Gasteiger partial charge in [-0.15, -0.1) is 12.4 Å². The smallest absolute Gasteiger partial charge is 0.153 e. The van der Waals surface area contributed by atoms with Crippen molar-refractivity contribution in [3.8, 4) is 11.5 Å². The van der Waals surface area contributed by atoms with Crippen LogP contribution >= 0.6 is 24.0 Å². The molecule has 2 heterocycles. The monoisotopic (exact) mass is 363 g/mol. The van der Waals surface area contributed by atoms with Crippen LogP contribution in [0.5, 0.6) is 11.5 Å². The quantitative estimate of drug-likeness (QED) is 0.642. The van der Waals surface area contributed by atoms with Crippen LogP contribution in [0.2, 0.25) is 5.02 Å². The Morgan fingerprint density at radius 2 is 1.75 bits per heavy atom. The fraction of sp³-hybridized carbons (Fsp3) is 0.278. The molecule has 0 spiro atoms. The Kier molecular flexibility index (Phi) is 4.99. The molecule has 1 saturated heterocycles. The fourth-order valence-corrected chi connectivity index (χ4v) is 3.32. The van der Waals surface area contributed by atoms with Crippen LogP contribution in [-0.2, 0) is 0 Å². The van der Waals surface area contributed by atoms with Gasteiger partial charge in [-0.25, -0.2) is 0 Å². The molecule has 0 radical (unpaired) electrons. The molecule has 24 heavy (non-hydrogen) atoms. The number of piperazine rings is 1. The van der Waals surface area contributed by atoms with E-state index in [1.165, 1.54) is 0 Å². The van der Waals surface area contributed by atoms with Crippen LogP contribution < -0.4 is 9.64 Å². The van der Waals surface area contributed by atoms with E-state index in [2.05, 4.69) is 21.8 Å². The zero-order valence-corrected chi connectivity index (χ0v) is 15.0. The van der Waals surface area contributed by atoms with E-state index in [4.69, 9.17) is 16.3 Å². The highest BCUT2D eigenvalue weighted by atomic mass is 35.5. The molecule has 0 aliphatic carbocycles. The molecule has 4 rings (SSSR count). The van der Waals surface area contributed by atoms with Crippen molar-refractivity contribution in [1.29, 1.82) is 0 Å². The Bertz CT molecular complexity index is 771. The number of hydrogen-bond donors (Lipinski definition) is 0. The first-order chi connectivity index (χ1) is 11.2. The lowest BCUT2D eigenvalue weighted by Crippen LogP contribution is -2.45. The second kappa shape index (κ2) is 7.01. The summed E-state index contributed by atoms with van der Waals surface area (Å²) in [4.78, 5) is 9.25. The fourth-order valence-electron chi connectivity index (χ4n) is 3.03. The van der Waals surface area contributed by atoms with E-state index >= 15 is 0 Å². The average Bonchev–Trinajstić information content (AvgIpc) is 2.75. The topological polar surface area (TPSA) is 28.1 Å². The van der Waals surface area contributed by atoms with Gasteiger partial charge in [0.25, 0.3) is 0 Å². The Morgan fingerprint density at radius 3 is 2.54 bits per heavy atom. The van der Waals surface area contributed by atoms with Gasteiger partial charge in [0.05, 0.1) is 16.3 Å². The van der Waals surface area contributed by atoms with Gasteiger partial charge in [-0.05, 0) is 31.3 Å². The van der Waals surface area contributed by atoms with Gasteiger partial charge >= 0.3 is 0 Å². The average molecular weight is 364 g/mol. The van der Waals surface area contributed by atoms with E-state index in [-0.39, 0.29) is 12.4 Å². The summed E-state index contributed by atoms with van der Waals surface area (Å²) in [5, 5.41) is 0.745. The Labute approximate surface area is 153 Å². The predicted octanol–water partition coefficient (Wildman–Crippen LogP) is 4.37. The lowest BCUT2D eigenvalue weighted by atomic mass is 10.1. The molecule has 2 aliphatic rings. The van der Waals surface area contributed by atoms with Gasteiger partial charge < -0.3 is 14.5 Å². The van der Waals surface area contributed by atoms with E-state index < -0.39 is 0 Å². The van der Waals surface area contributed by atoms with Crippen molar-refractivity contribution >= 4 is 41.6 Å². The minimum Gasteiger partial charge on any atom is -0.454 e. The van der Waals surface area contributed by atoms with Crippen molar-refractivity contribution in [3.05, 3.63) is 47.0 Å². The highest BCUT2D eigenvalue weighted by Crippen LogP contribution is 2.41. The van der Waals surface area contributed by atoms with E-state index in [0.29, 0.717) is 0 Å². The van der Waals surface area contributed by atoms with E-state index in [1.54, 1.807) is 0 Å². The number of ether oxygens (including phenoxy) is 1. The molecule has 0 amide bonds. The Hall–Kier alpha value is -1.75. The van der Waals surface area contributed by atoms with Gasteiger partial charge in [-0.1, -0.05) is 23.7 Å². The summed E-state index contributed by atoms with van der Waals surface area (Å²) in [7, 11) is 2.14. The van der Waals surface area contributed by atoms with Crippen LogP contribution in [0.4, 0.5) is 11.4 Å². The predicted molar refractivity (Wildman–Crippen MR) is 102 cm³/mol. The van der Waals surface area contributed by atoms with E-state index in [1.807, 2.05) is 42.6 Å². The number of benzene rings is 2. The van der Waals surface area contributed by atoms with Crippen molar-refractivity contribution in [3.63, 3.8) is 0 Å². The first-order valence-corrected chi connectivity index (χ1v) is 8.17. The highest BCUT2D eigenvalue weighted by molar-refractivity contribution is 6.34. The molecular formula is C18H19Cl2N3O. The molecule has 1 fully saturated rings. The van der Waals surface area contributed by atoms with Gasteiger partial charge in [0, 0.05) is 32.4 Å². The third-order valence-electron chi connectivity index (χ3n) is 4.37. The van der Waals surface area contributed by atoms with Crippen molar-refractivity contribution in [2.45, 2.75) is 0 Å². The molecule has 6 heteroatoms. The summed E-state index contributed by atoms with van der Waals surface area (Å²) in [6, 6.07) is 11.6. The van der Waals surface area contributed by atoms with Crippen LogP contribution in [-0.4, -0.2) is 44.3 Å². The molecule has 0 N–H and O–H groups in total. The number of rotatable bonds is 1. The van der Waals surface area contributed by atoms with Gasteiger partial charge in [-0.3, -0.25) is 4.99 Å². The number of aliphatic imine (C=N–C) groups is 1. The maximum Gasteiger partial charge on any atom is 0.153 e. The molecule has 0 atom stereocenters. The third-order valence-corrected chi connectivity index (χ3v) is 4.67. The lowest BCUT2D eigenvalue weighted by Gasteiger charge is -2.35. The van der Waals surface area contributed by atoms with Crippen LogP contribution in [0.15, 0.2) is 41.4 Å². The number of hydrogen-bond acceptors (Lipinski definition) is 4. The number of para-hydroxylation sites is 2. The minimum atomic E-state index is 0. The molecule has 0 saturated carbocycles. The normalized spacial score (nSPS) is 16.5. The number of likely N-dealkylation sites (N-methyl/N-ethyl adjacent to an activating group) is 1. The summed E-state index contributed by atoms with van der Waals surface area (Å²) < 4.78 is 6.09. The zero-order chi connectivity index (χ0) is 15.8. The molecule has 2 aliphatic heterocycles. The first kappa shape index (κ1) is 17.1. The van der Waals surface area contributed by atoms with Crippen LogP contribution in [0.3, 0.4) is 0 Å². The van der Waals surface area contributed by atoms with Crippen molar-refractivity contribution < 1.29 is 4.74 Å². The summed E-state index contributed by atoms with van der Waals surface area (Å²) >= 11 is 6.52. The van der Waals surface area contributed by atoms with E-state index in [9.17, 15) is 0 Å². The summed E-state index contributed by atoms with van der Waals surface area (Å²) in [5.41, 5.74) is 2.82. The van der Waals surface area contributed by atoms with E-state index in [0.717, 1.165) is 59.6 Å². The van der Waals surface area contributed by atoms with Crippen LogP contribution in [0.25, 0.3) is 0 Å². The molecule has 0 bridgehead atoms. The Morgan fingerprint density at radius 1 is 1.00 bits per heavy atom. The summed E-state index contributed by atoms with van der Waals surface area (Å²) in [6.07, 6.45) is 1.88. The zero-order valence-electron chi connectivity index (χ0n) is 13.4. The molecule has 2 aromatic carbocycles. The number of anilines is 1. The second-order valence-corrected chi connectivity index (χ2v) is 6.33. The maximum atomic E-state index is 6.52. The van der Waals surface area contributed by atoms with Crippen LogP contribution in [0, 0.1) is 0 Å². The SMILES string of the molecule is CN1CCN(c2c(Cl)ccc3c2C=Nc2ccccc2O3)CC1.Cl. The summed E-state index contributed by atoms with van der Waals surface area (Å²) in [6.45, 7) is 3.96. The van der Waals surface area contributed by atoms with Crippen molar-refractivity contribution in [2.75, 3.05) is 38.1 Å². The molecule has 4 nitrogen and oxygen atoms in total. The highest BCUT2D eigenvalue weighted by Gasteiger charge is 2.23. The van der Waals surface area contributed by atoms with Crippen LogP contribution in [0.1, 0.15) is 5.56 Å². The molecular weight excluding hydrogens is 345 g/mol. The summed E-state index contributed by atoms with van der Waals surface area (Å²) in [5.74, 6) is 1.58. The maximum absolute atomic E-state index is 6.52. The standard InChI is InChI=1S/C18H18ClN3O.ClH/c1-21-8-10-22(11-9-21)18-13-12-20-15-4-2-3-5-17(15)23-16(13)7-6-14(18)19;/h2-7,12H,8-11H2,1H3;1H.